The van der Waals surface area contributed by atoms with Crippen molar-refractivity contribution in [2.45, 2.75) is 0 Å². The van der Waals surface area contributed by atoms with Crippen LogP contribution in [0.1, 0.15) is 5.56 Å². The number of hydrazone groups is 1. The summed E-state index contributed by atoms with van der Waals surface area (Å²) in [5.41, 5.74) is 2.21. The molecule has 0 saturated heterocycles. The maximum absolute atomic E-state index is 12.4. The fraction of sp³-hybridized carbons (Fsp3) is 0. The fourth-order valence-corrected chi connectivity index (χ4v) is 2.72. The van der Waals surface area contributed by atoms with Crippen LogP contribution < -0.4 is 16.2 Å². The number of halogens is 3. The van der Waals surface area contributed by atoms with Crippen molar-refractivity contribution >= 4 is 69.5 Å². The number of nitrogens with one attached hydrogen (secondary N) is 2. The van der Waals surface area contributed by atoms with E-state index in [-0.39, 0.29) is 26.7 Å². The Balaban J connectivity index is 1.70. The average molecular weight is 439 g/mol. The van der Waals surface area contributed by atoms with E-state index in [0.29, 0.717) is 10.6 Å². The molecule has 0 aliphatic rings. The molecule has 3 aromatic rings. The van der Waals surface area contributed by atoms with Gasteiger partial charge < -0.3 is 9.73 Å². The van der Waals surface area contributed by atoms with Crippen molar-refractivity contribution in [1.29, 1.82) is 0 Å². The lowest BCUT2D eigenvalue weighted by Crippen LogP contribution is -2.32. The summed E-state index contributed by atoms with van der Waals surface area (Å²) in [5, 5.41) is 6.86. The first-order valence-electron chi connectivity index (χ1n) is 7.66. The predicted molar refractivity (Wildman–Crippen MR) is 108 cm³/mol. The molecule has 0 spiro atoms. The lowest BCUT2D eigenvalue weighted by atomic mass is 10.2. The molecule has 0 aliphatic carbocycles. The van der Waals surface area contributed by atoms with Gasteiger partial charge >= 0.3 is 11.8 Å². The molecule has 1 heterocycles. The van der Waals surface area contributed by atoms with Gasteiger partial charge in [0.15, 0.2) is 0 Å². The third-order valence-electron chi connectivity index (χ3n) is 3.54. The largest absolute Gasteiger partial charge is 0.463 e. The van der Waals surface area contributed by atoms with Gasteiger partial charge in [-0.3, -0.25) is 14.4 Å². The van der Waals surface area contributed by atoms with Crippen LogP contribution in [0.15, 0.2) is 57.0 Å². The van der Waals surface area contributed by atoms with Crippen LogP contribution in [0.3, 0.4) is 0 Å². The monoisotopic (exact) mass is 437 g/mol. The SMILES string of the molecule is O=C(NN=Cc1coc2ccc(Cl)cc2c1=O)C(=O)Nc1cccc(Cl)c1Cl. The van der Waals surface area contributed by atoms with E-state index in [1.54, 1.807) is 18.2 Å². The lowest BCUT2D eigenvalue weighted by Gasteiger charge is -2.06. The van der Waals surface area contributed by atoms with Gasteiger partial charge in [0.25, 0.3) is 0 Å². The Morgan fingerprint density at radius 2 is 1.86 bits per heavy atom. The van der Waals surface area contributed by atoms with Crippen LogP contribution in [0.25, 0.3) is 11.0 Å². The van der Waals surface area contributed by atoms with Crippen molar-refractivity contribution in [3.63, 3.8) is 0 Å². The minimum absolute atomic E-state index is 0.0633. The zero-order valence-electron chi connectivity index (χ0n) is 13.8. The van der Waals surface area contributed by atoms with Crippen molar-refractivity contribution in [3.8, 4) is 0 Å². The highest BCUT2D eigenvalue weighted by Gasteiger charge is 2.15. The van der Waals surface area contributed by atoms with Gasteiger partial charge in [0.05, 0.1) is 32.9 Å². The molecule has 0 saturated carbocycles. The van der Waals surface area contributed by atoms with Gasteiger partial charge in [-0.15, -0.1) is 0 Å². The van der Waals surface area contributed by atoms with Gasteiger partial charge in [-0.25, -0.2) is 5.43 Å². The van der Waals surface area contributed by atoms with E-state index in [2.05, 4.69) is 10.4 Å². The zero-order valence-corrected chi connectivity index (χ0v) is 16.1. The Hall–Kier alpha value is -2.87. The van der Waals surface area contributed by atoms with Gasteiger partial charge in [-0.2, -0.15) is 5.10 Å². The van der Waals surface area contributed by atoms with Crippen molar-refractivity contribution < 1.29 is 14.0 Å². The second-order valence-corrected chi connectivity index (χ2v) is 6.64. The number of hydrogen-bond acceptors (Lipinski definition) is 5. The Morgan fingerprint density at radius 3 is 2.64 bits per heavy atom. The topological polar surface area (TPSA) is 101 Å². The van der Waals surface area contributed by atoms with Crippen molar-refractivity contribution in [2.75, 3.05) is 5.32 Å². The number of rotatable bonds is 3. The van der Waals surface area contributed by atoms with Crippen LogP contribution in [-0.4, -0.2) is 18.0 Å². The first-order chi connectivity index (χ1) is 13.4. The zero-order chi connectivity index (χ0) is 20.3. The maximum atomic E-state index is 12.4. The van der Waals surface area contributed by atoms with Crippen LogP contribution in [0.4, 0.5) is 5.69 Å². The molecule has 0 fully saturated rings. The Morgan fingerprint density at radius 1 is 1.07 bits per heavy atom. The molecule has 3 rings (SSSR count). The molecule has 2 amide bonds. The van der Waals surface area contributed by atoms with Gasteiger partial charge in [0.1, 0.15) is 11.8 Å². The number of carbonyl (C=O) groups is 2. The first kappa shape index (κ1) is 19.9. The molecule has 0 atom stereocenters. The van der Waals surface area contributed by atoms with Crippen LogP contribution in [0.2, 0.25) is 15.1 Å². The average Bonchev–Trinajstić information content (AvgIpc) is 2.67. The summed E-state index contributed by atoms with van der Waals surface area (Å²) in [6.45, 7) is 0. The number of anilines is 1. The van der Waals surface area contributed by atoms with Crippen molar-refractivity contribution in [3.05, 3.63) is 73.5 Å². The summed E-state index contributed by atoms with van der Waals surface area (Å²) < 4.78 is 5.32. The molecule has 2 aromatic carbocycles. The summed E-state index contributed by atoms with van der Waals surface area (Å²) in [7, 11) is 0. The van der Waals surface area contributed by atoms with Crippen LogP contribution in [-0.2, 0) is 9.59 Å². The van der Waals surface area contributed by atoms with E-state index in [1.807, 2.05) is 5.43 Å². The maximum Gasteiger partial charge on any atom is 0.329 e. The van der Waals surface area contributed by atoms with E-state index >= 15 is 0 Å². The Kier molecular flexibility index (Phi) is 5.99. The number of fused-ring (bicyclic) bond motifs is 1. The molecule has 0 bridgehead atoms. The van der Waals surface area contributed by atoms with Crippen LogP contribution in [0, 0.1) is 0 Å². The van der Waals surface area contributed by atoms with E-state index < -0.39 is 17.2 Å². The van der Waals surface area contributed by atoms with E-state index in [1.165, 1.54) is 24.5 Å². The van der Waals surface area contributed by atoms with Crippen LogP contribution in [0.5, 0.6) is 0 Å². The Labute approximate surface area is 172 Å². The number of benzene rings is 2. The van der Waals surface area contributed by atoms with Crippen molar-refractivity contribution in [2.24, 2.45) is 5.10 Å². The molecule has 0 radical (unpaired) electrons. The predicted octanol–water partition coefficient (Wildman–Crippen LogP) is 3.84. The smallest absolute Gasteiger partial charge is 0.329 e. The van der Waals surface area contributed by atoms with E-state index in [4.69, 9.17) is 39.2 Å². The number of hydrogen-bond donors (Lipinski definition) is 2. The van der Waals surface area contributed by atoms with Crippen LogP contribution >= 0.6 is 34.8 Å². The molecule has 10 heteroatoms. The summed E-state index contributed by atoms with van der Waals surface area (Å²) >= 11 is 17.7. The van der Waals surface area contributed by atoms with Gasteiger partial charge in [0, 0.05) is 5.02 Å². The summed E-state index contributed by atoms with van der Waals surface area (Å²) in [6, 6.07) is 9.19. The molecular formula is C18H10Cl3N3O4. The standard InChI is InChI=1S/C18H10Cl3N3O4/c19-10-4-5-14-11(6-10)16(25)9(8-28-14)7-22-24-18(27)17(26)23-13-3-1-2-12(20)15(13)21/h1-8H,(H,23,26)(H,24,27). The minimum atomic E-state index is -1.07. The fourth-order valence-electron chi connectivity index (χ4n) is 2.20. The normalized spacial score (nSPS) is 11.0. The van der Waals surface area contributed by atoms with E-state index in [9.17, 15) is 14.4 Å². The second kappa shape index (κ2) is 8.43. The number of nitrogens with zero attached hydrogens (tertiary/aromatic N) is 1. The minimum Gasteiger partial charge on any atom is -0.463 e. The number of carbonyl (C=O) groups excluding carboxylic acids is 2. The highest BCUT2D eigenvalue weighted by Crippen LogP contribution is 2.29. The molecule has 0 unspecified atom stereocenters. The highest BCUT2D eigenvalue weighted by molar-refractivity contribution is 6.45. The second-order valence-electron chi connectivity index (χ2n) is 5.42. The quantitative estimate of drug-likeness (QED) is 0.368. The summed E-state index contributed by atoms with van der Waals surface area (Å²) in [5.74, 6) is -2.08. The molecular weight excluding hydrogens is 429 g/mol. The molecule has 2 N–H and O–H groups in total. The molecule has 1 aromatic heterocycles. The molecule has 0 aliphatic heterocycles. The highest BCUT2D eigenvalue weighted by atomic mass is 35.5. The van der Waals surface area contributed by atoms with Gasteiger partial charge in [-0.05, 0) is 30.3 Å². The van der Waals surface area contributed by atoms with E-state index in [0.717, 1.165) is 6.21 Å². The van der Waals surface area contributed by atoms with Gasteiger partial charge in [-0.1, -0.05) is 40.9 Å². The first-order valence-corrected chi connectivity index (χ1v) is 8.79. The molecule has 28 heavy (non-hydrogen) atoms. The summed E-state index contributed by atoms with van der Waals surface area (Å²) in [4.78, 5) is 36.1. The van der Waals surface area contributed by atoms with Crippen molar-refractivity contribution in [1.82, 2.24) is 5.43 Å². The lowest BCUT2D eigenvalue weighted by molar-refractivity contribution is -0.136. The third-order valence-corrected chi connectivity index (χ3v) is 4.59. The molecule has 7 nitrogen and oxygen atoms in total. The third kappa shape index (κ3) is 4.33. The summed E-state index contributed by atoms with van der Waals surface area (Å²) in [6.07, 6.45) is 2.24. The Bertz CT molecular complexity index is 1170. The molecule has 142 valence electrons. The van der Waals surface area contributed by atoms with Gasteiger partial charge in [0.2, 0.25) is 5.43 Å². The number of amides is 2.